The average Bonchev–Trinajstić information content (AvgIpc) is 1.80. The van der Waals surface area contributed by atoms with Crippen LogP contribution in [0.2, 0.25) is 0 Å². The Morgan fingerprint density at radius 2 is 1.89 bits per heavy atom. The molecule has 1 nitrogen and oxygen atoms in total. The zero-order valence-electron chi connectivity index (χ0n) is 6.18. The summed E-state index contributed by atoms with van der Waals surface area (Å²) in [7, 11) is 2.03. The van der Waals surface area contributed by atoms with Crippen LogP contribution >= 0.6 is 0 Å². The summed E-state index contributed by atoms with van der Waals surface area (Å²) in [6.07, 6.45) is 4.18. The molecule has 0 aromatic carbocycles. The minimum atomic E-state index is 1.35. The van der Waals surface area contributed by atoms with Crippen LogP contribution in [-0.4, -0.2) is 0 Å². The SMILES string of the molecule is Cc1cc[n+](C)cc1C. The van der Waals surface area contributed by atoms with Crippen LogP contribution in [0.15, 0.2) is 18.5 Å². The number of aromatic nitrogens is 1. The van der Waals surface area contributed by atoms with Gasteiger partial charge >= 0.3 is 0 Å². The number of hydrogen-bond acceptors (Lipinski definition) is 0. The minimum absolute atomic E-state index is 1.35. The molecule has 1 heteroatoms. The summed E-state index contributed by atoms with van der Waals surface area (Å²) in [6.45, 7) is 4.24. The first-order chi connectivity index (χ1) is 4.20. The van der Waals surface area contributed by atoms with E-state index in [0.29, 0.717) is 0 Å². The average molecular weight is 122 g/mol. The Bertz CT molecular complexity index is 216. The van der Waals surface area contributed by atoms with E-state index >= 15 is 0 Å². The van der Waals surface area contributed by atoms with Gasteiger partial charge < -0.3 is 0 Å². The molecule has 0 unspecified atom stereocenters. The number of hydrogen-bond donors (Lipinski definition) is 0. The minimum Gasteiger partial charge on any atom is -0.208 e. The van der Waals surface area contributed by atoms with Crippen LogP contribution < -0.4 is 4.57 Å². The lowest BCUT2D eigenvalue weighted by Gasteiger charge is -1.93. The molecule has 0 aliphatic heterocycles. The van der Waals surface area contributed by atoms with Crippen molar-refractivity contribution in [1.82, 2.24) is 0 Å². The van der Waals surface area contributed by atoms with Gasteiger partial charge in [-0.05, 0) is 19.4 Å². The van der Waals surface area contributed by atoms with Crippen molar-refractivity contribution in [3.8, 4) is 0 Å². The lowest BCUT2D eigenvalue weighted by Crippen LogP contribution is -2.26. The Morgan fingerprint density at radius 1 is 1.22 bits per heavy atom. The molecule has 0 atom stereocenters. The van der Waals surface area contributed by atoms with Gasteiger partial charge in [0, 0.05) is 11.6 Å². The van der Waals surface area contributed by atoms with E-state index in [2.05, 4.69) is 36.9 Å². The Morgan fingerprint density at radius 3 is 2.33 bits per heavy atom. The van der Waals surface area contributed by atoms with Gasteiger partial charge in [-0.15, -0.1) is 0 Å². The quantitative estimate of drug-likeness (QED) is 0.454. The van der Waals surface area contributed by atoms with Gasteiger partial charge in [0.25, 0.3) is 0 Å². The molecule has 0 aliphatic carbocycles. The molecule has 0 spiro atoms. The van der Waals surface area contributed by atoms with Gasteiger partial charge in [-0.3, -0.25) is 0 Å². The van der Waals surface area contributed by atoms with E-state index in [1.165, 1.54) is 11.1 Å². The molecule has 0 saturated heterocycles. The molecule has 48 valence electrons. The van der Waals surface area contributed by atoms with Crippen molar-refractivity contribution in [2.24, 2.45) is 7.05 Å². The van der Waals surface area contributed by atoms with Crippen molar-refractivity contribution < 1.29 is 4.57 Å². The van der Waals surface area contributed by atoms with Gasteiger partial charge in [0.05, 0.1) is 0 Å². The lowest BCUT2D eigenvalue weighted by molar-refractivity contribution is -0.671. The van der Waals surface area contributed by atoms with E-state index in [4.69, 9.17) is 0 Å². The van der Waals surface area contributed by atoms with Crippen LogP contribution in [0.3, 0.4) is 0 Å². The van der Waals surface area contributed by atoms with Gasteiger partial charge in [0.15, 0.2) is 12.4 Å². The van der Waals surface area contributed by atoms with Crippen molar-refractivity contribution in [3.05, 3.63) is 29.6 Å². The molecule has 0 N–H and O–H groups in total. The molecule has 0 radical (unpaired) electrons. The summed E-state index contributed by atoms with van der Waals surface area (Å²) in [6, 6.07) is 2.12. The van der Waals surface area contributed by atoms with E-state index < -0.39 is 0 Å². The number of pyridine rings is 1. The molecular weight excluding hydrogens is 110 g/mol. The van der Waals surface area contributed by atoms with E-state index in [1.54, 1.807) is 0 Å². The van der Waals surface area contributed by atoms with Crippen LogP contribution in [0.1, 0.15) is 11.1 Å². The summed E-state index contributed by atoms with van der Waals surface area (Å²) in [5.41, 5.74) is 2.70. The molecule has 0 aliphatic rings. The summed E-state index contributed by atoms with van der Waals surface area (Å²) in [5.74, 6) is 0. The smallest absolute Gasteiger partial charge is 0.171 e. The standard InChI is InChI=1S/C8H12N/c1-7-4-5-9(3)6-8(7)2/h4-6H,1-3H3/q+1. The molecular formula is C8H12N+. The number of rotatable bonds is 0. The normalized spacial score (nSPS) is 9.67. The topological polar surface area (TPSA) is 3.88 Å². The van der Waals surface area contributed by atoms with Crippen molar-refractivity contribution in [2.75, 3.05) is 0 Å². The Balaban J connectivity index is 3.17. The van der Waals surface area contributed by atoms with Gasteiger partial charge in [-0.25, -0.2) is 4.57 Å². The highest BCUT2D eigenvalue weighted by atomic mass is 14.9. The maximum Gasteiger partial charge on any atom is 0.171 e. The molecule has 1 aromatic heterocycles. The summed E-state index contributed by atoms with van der Waals surface area (Å²) in [5, 5.41) is 0. The van der Waals surface area contributed by atoms with E-state index in [9.17, 15) is 0 Å². The van der Waals surface area contributed by atoms with Crippen LogP contribution in [0.5, 0.6) is 0 Å². The Kier molecular flexibility index (Phi) is 1.52. The van der Waals surface area contributed by atoms with Crippen molar-refractivity contribution >= 4 is 0 Å². The van der Waals surface area contributed by atoms with Gasteiger partial charge in [-0.1, -0.05) is 0 Å². The van der Waals surface area contributed by atoms with Crippen LogP contribution in [-0.2, 0) is 7.05 Å². The summed E-state index contributed by atoms with van der Waals surface area (Å²) < 4.78 is 2.06. The zero-order chi connectivity index (χ0) is 6.85. The summed E-state index contributed by atoms with van der Waals surface area (Å²) >= 11 is 0. The maximum absolute atomic E-state index is 2.12. The molecule has 0 fully saturated rings. The highest BCUT2D eigenvalue weighted by molar-refractivity contribution is 5.16. The molecule has 9 heavy (non-hydrogen) atoms. The van der Waals surface area contributed by atoms with Crippen LogP contribution in [0.4, 0.5) is 0 Å². The summed E-state index contributed by atoms with van der Waals surface area (Å²) in [4.78, 5) is 0. The third-order valence-corrected chi connectivity index (χ3v) is 1.58. The molecule has 0 amide bonds. The van der Waals surface area contributed by atoms with Gasteiger partial charge in [0.1, 0.15) is 7.05 Å². The fraction of sp³-hybridized carbons (Fsp3) is 0.375. The molecule has 1 aromatic rings. The van der Waals surface area contributed by atoms with E-state index in [0.717, 1.165) is 0 Å². The Hall–Kier alpha value is -0.850. The molecule has 0 saturated carbocycles. The monoisotopic (exact) mass is 122 g/mol. The van der Waals surface area contributed by atoms with Gasteiger partial charge in [0.2, 0.25) is 0 Å². The van der Waals surface area contributed by atoms with Crippen molar-refractivity contribution in [1.29, 1.82) is 0 Å². The molecule has 1 rings (SSSR count). The Labute approximate surface area is 56.0 Å². The largest absolute Gasteiger partial charge is 0.208 e. The zero-order valence-corrected chi connectivity index (χ0v) is 6.18. The molecule has 0 bridgehead atoms. The maximum atomic E-state index is 2.12. The fourth-order valence-electron chi connectivity index (χ4n) is 0.811. The highest BCUT2D eigenvalue weighted by Gasteiger charge is 1.94. The predicted octanol–water partition coefficient (Wildman–Crippen LogP) is 1.13. The van der Waals surface area contributed by atoms with Gasteiger partial charge in [-0.2, -0.15) is 0 Å². The first kappa shape index (κ1) is 6.27. The second-order valence-electron chi connectivity index (χ2n) is 2.48. The van der Waals surface area contributed by atoms with Crippen molar-refractivity contribution in [3.63, 3.8) is 0 Å². The fourth-order valence-corrected chi connectivity index (χ4v) is 0.811. The van der Waals surface area contributed by atoms with Crippen LogP contribution in [0, 0.1) is 13.8 Å². The van der Waals surface area contributed by atoms with Crippen molar-refractivity contribution in [2.45, 2.75) is 13.8 Å². The lowest BCUT2D eigenvalue weighted by atomic mass is 10.2. The first-order valence-corrected chi connectivity index (χ1v) is 3.12. The number of nitrogens with zero attached hydrogens (tertiary/aromatic N) is 1. The van der Waals surface area contributed by atoms with E-state index in [-0.39, 0.29) is 0 Å². The second-order valence-corrected chi connectivity index (χ2v) is 2.48. The van der Waals surface area contributed by atoms with E-state index in [1.807, 2.05) is 7.05 Å². The third-order valence-electron chi connectivity index (χ3n) is 1.58. The highest BCUT2D eigenvalue weighted by Crippen LogP contribution is 1.99. The molecule has 1 heterocycles. The first-order valence-electron chi connectivity index (χ1n) is 3.12. The second kappa shape index (κ2) is 2.18. The predicted molar refractivity (Wildman–Crippen MR) is 37.1 cm³/mol. The number of aryl methyl sites for hydroxylation is 3. The third kappa shape index (κ3) is 1.28. The van der Waals surface area contributed by atoms with Crippen LogP contribution in [0.25, 0.3) is 0 Å².